The number of hydrogen-bond acceptors (Lipinski definition) is 4. The maximum absolute atomic E-state index is 12.9. The molecule has 26 heavy (non-hydrogen) atoms. The summed E-state index contributed by atoms with van der Waals surface area (Å²) in [6.07, 6.45) is 0.381. The lowest BCUT2D eigenvalue weighted by molar-refractivity contribution is -0.122. The van der Waals surface area contributed by atoms with Crippen LogP contribution in [0.5, 0.6) is 5.75 Å². The first-order valence-electron chi connectivity index (χ1n) is 8.80. The number of rotatable bonds is 3. The van der Waals surface area contributed by atoms with E-state index < -0.39 is 12.1 Å². The maximum Gasteiger partial charge on any atom is 0.265 e. The Morgan fingerprint density at radius 1 is 1.31 bits per heavy atom. The van der Waals surface area contributed by atoms with Gasteiger partial charge in [-0.1, -0.05) is 18.2 Å². The lowest BCUT2D eigenvalue weighted by Crippen LogP contribution is -2.40. The molecule has 2 heterocycles. The van der Waals surface area contributed by atoms with Crippen molar-refractivity contribution in [3.05, 3.63) is 48.0 Å². The van der Waals surface area contributed by atoms with E-state index >= 15 is 0 Å². The summed E-state index contributed by atoms with van der Waals surface area (Å²) in [5.41, 5.74) is 3.57. The summed E-state index contributed by atoms with van der Waals surface area (Å²) in [6, 6.07) is 13.1. The highest BCUT2D eigenvalue weighted by Gasteiger charge is 2.28. The van der Waals surface area contributed by atoms with Gasteiger partial charge in [-0.15, -0.1) is 0 Å². The molecule has 2 aliphatic rings. The Bertz CT molecular complexity index is 880. The van der Waals surface area contributed by atoms with Gasteiger partial charge < -0.3 is 20.3 Å². The Morgan fingerprint density at radius 2 is 2.12 bits per heavy atom. The predicted octanol–water partition coefficient (Wildman–Crippen LogP) is 2.80. The molecule has 6 heteroatoms. The van der Waals surface area contributed by atoms with Gasteiger partial charge in [-0.3, -0.25) is 9.59 Å². The van der Waals surface area contributed by atoms with Crippen LogP contribution in [-0.4, -0.2) is 30.5 Å². The van der Waals surface area contributed by atoms with Crippen molar-refractivity contribution in [1.29, 1.82) is 0 Å². The van der Waals surface area contributed by atoms with Gasteiger partial charge in [-0.2, -0.15) is 0 Å². The largest absolute Gasteiger partial charge is 0.479 e. The van der Waals surface area contributed by atoms with Gasteiger partial charge in [-0.05, 0) is 50.1 Å². The number of carbonyl (C=O) groups excluding carboxylic acids is 2. The number of benzene rings is 2. The molecule has 6 nitrogen and oxygen atoms in total. The molecule has 2 aromatic carbocycles. The van der Waals surface area contributed by atoms with Crippen molar-refractivity contribution in [2.75, 3.05) is 22.1 Å². The van der Waals surface area contributed by atoms with Gasteiger partial charge in [0.15, 0.2) is 6.10 Å². The molecule has 4 rings (SSSR count). The van der Waals surface area contributed by atoms with Crippen LogP contribution in [0.4, 0.5) is 17.1 Å². The van der Waals surface area contributed by atoms with Crippen LogP contribution < -0.4 is 20.3 Å². The lowest BCUT2D eigenvalue weighted by atomic mass is 10.1. The summed E-state index contributed by atoms with van der Waals surface area (Å²) < 4.78 is 5.56. The molecule has 0 aliphatic carbocycles. The second-order valence-electron chi connectivity index (χ2n) is 6.69. The SMILES string of the molecule is CC(Nc1ccc2c(c1)NC(=O)C(C)O2)C(=O)N1CCc2ccccc21. The highest BCUT2D eigenvalue weighted by atomic mass is 16.5. The van der Waals surface area contributed by atoms with E-state index in [-0.39, 0.29) is 11.8 Å². The third-order valence-electron chi connectivity index (χ3n) is 4.82. The molecule has 2 aliphatic heterocycles. The molecule has 0 saturated carbocycles. The summed E-state index contributed by atoms with van der Waals surface area (Å²) in [5.74, 6) is 0.490. The first-order chi connectivity index (χ1) is 12.5. The molecule has 0 fully saturated rings. The predicted molar refractivity (Wildman–Crippen MR) is 101 cm³/mol. The first-order valence-corrected chi connectivity index (χ1v) is 8.80. The van der Waals surface area contributed by atoms with E-state index in [0.29, 0.717) is 18.0 Å². The van der Waals surface area contributed by atoms with Crippen molar-refractivity contribution in [2.24, 2.45) is 0 Å². The van der Waals surface area contributed by atoms with Crippen molar-refractivity contribution >= 4 is 28.9 Å². The number of nitrogens with one attached hydrogen (secondary N) is 2. The molecule has 0 aromatic heterocycles. The van der Waals surface area contributed by atoms with Crippen LogP contribution in [0, 0.1) is 0 Å². The summed E-state index contributed by atoms with van der Waals surface area (Å²) >= 11 is 0. The average Bonchev–Trinajstić information content (AvgIpc) is 3.06. The zero-order chi connectivity index (χ0) is 18.3. The lowest BCUT2D eigenvalue weighted by Gasteiger charge is -2.25. The highest BCUT2D eigenvalue weighted by molar-refractivity contribution is 6.01. The first kappa shape index (κ1) is 16.4. The Morgan fingerprint density at radius 3 is 2.96 bits per heavy atom. The van der Waals surface area contributed by atoms with Crippen molar-refractivity contribution in [3.63, 3.8) is 0 Å². The van der Waals surface area contributed by atoms with E-state index in [1.807, 2.05) is 36.1 Å². The standard InChI is InChI=1S/C20H21N3O3/c1-12(20(25)23-10-9-14-5-3-4-6-17(14)23)21-15-7-8-18-16(11-15)22-19(24)13(2)26-18/h3-8,11-13,21H,9-10H2,1-2H3,(H,22,24). The molecular formula is C20H21N3O3. The van der Waals surface area contributed by atoms with Gasteiger partial charge in [0.05, 0.1) is 5.69 Å². The van der Waals surface area contributed by atoms with Gasteiger partial charge in [0.2, 0.25) is 5.91 Å². The zero-order valence-corrected chi connectivity index (χ0v) is 14.8. The number of hydrogen-bond donors (Lipinski definition) is 2. The van der Waals surface area contributed by atoms with E-state index in [1.165, 1.54) is 5.56 Å². The number of amides is 2. The maximum atomic E-state index is 12.9. The number of ether oxygens (including phenoxy) is 1. The van der Waals surface area contributed by atoms with E-state index in [9.17, 15) is 9.59 Å². The summed E-state index contributed by atoms with van der Waals surface area (Å²) in [7, 11) is 0. The number of fused-ring (bicyclic) bond motifs is 2. The topological polar surface area (TPSA) is 70.7 Å². The van der Waals surface area contributed by atoms with Crippen molar-refractivity contribution in [1.82, 2.24) is 0 Å². The fourth-order valence-electron chi connectivity index (χ4n) is 3.41. The number of nitrogens with zero attached hydrogens (tertiary/aromatic N) is 1. The Hall–Kier alpha value is -3.02. The molecule has 0 saturated heterocycles. The van der Waals surface area contributed by atoms with E-state index in [2.05, 4.69) is 16.7 Å². The highest BCUT2D eigenvalue weighted by Crippen LogP contribution is 2.33. The summed E-state index contributed by atoms with van der Waals surface area (Å²) in [4.78, 5) is 26.5. The van der Waals surface area contributed by atoms with Gasteiger partial charge in [0.25, 0.3) is 5.91 Å². The van der Waals surface area contributed by atoms with Gasteiger partial charge in [0, 0.05) is 17.9 Å². The van der Waals surface area contributed by atoms with Gasteiger partial charge >= 0.3 is 0 Å². The van der Waals surface area contributed by atoms with Crippen molar-refractivity contribution in [2.45, 2.75) is 32.4 Å². The molecule has 2 aromatic rings. The zero-order valence-electron chi connectivity index (χ0n) is 14.8. The molecule has 134 valence electrons. The monoisotopic (exact) mass is 351 g/mol. The second kappa shape index (κ2) is 6.37. The van der Waals surface area contributed by atoms with E-state index in [1.54, 1.807) is 19.1 Å². The number of para-hydroxylation sites is 1. The van der Waals surface area contributed by atoms with Crippen LogP contribution in [0.2, 0.25) is 0 Å². The van der Waals surface area contributed by atoms with E-state index in [4.69, 9.17) is 4.74 Å². The smallest absolute Gasteiger partial charge is 0.265 e. The molecular weight excluding hydrogens is 330 g/mol. The van der Waals surface area contributed by atoms with Gasteiger partial charge in [-0.25, -0.2) is 0 Å². The minimum atomic E-state index is -0.503. The molecule has 0 spiro atoms. The van der Waals surface area contributed by atoms with Crippen molar-refractivity contribution in [3.8, 4) is 5.75 Å². The molecule has 2 amide bonds. The van der Waals surface area contributed by atoms with Crippen LogP contribution in [0.15, 0.2) is 42.5 Å². The third-order valence-corrected chi connectivity index (χ3v) is 4.82. The van der Waals surface area contributed by atoms with Crippen LogP contribution in [-0.2, 0) is 16.0 Å². The van der Waals surface area contributed by atoms with E-state index in [0.717, 1.165) is 17.8 Å². The summed E-state index contributed by atoms with van der Waals surface area (Å²) in [5, 5.41) is 6.05. The molecule has 0 bridgehead atoms. The Balaban J connectivity index is 1.49. The van der Waals surface area contributed by atoms with Crippen LogP contribution >= 0.6 is 0 Å². The number of anilines is 3. The fraction of sp³-hybridized carbons (Fsp3) is 0.300. The molecule has 0 radical (unpaired) electrons. The summed E-state index contributed by atoms with van der Waals surface area (Å²) in [6.45, 7) is 4.26. The number of carbonyl (C=O) groups is 2. The van der Waals surface area contributed by atoms with Crippen LogP contribution in [0.3, 0.4) is 0 Å². The fourth-order valence-corrected chi connectivity index (χ4v) is 3.41. The Labute approximate surface area is 152 Å². The second-order valence-corrected chi connectivity index (χ2v) is 6.69. The molecule has 2 unspecified atom stereocenters. The minimum Gasteiger partial charge on any atom is -0.479 e. The minimum absolute atomic E-state index is 0.0292. The normalized spacial score (nSPS) is 19.1. The van der Waals surface area contributed by atoms with Crippen LogP contribution in [0.25, 0.3) is 0 Å². The van der Waals surface area contributed by atoms with Gasteiger partial charge in [0.1, 0.15) is 11.8 Å². The quantitative estimate of drug-likeness (QED) is 0.892. The Kier molecular flexibility index (Phi) is 4.03. The molecule has 2 atom stereocenters. The van der Waals surface area contributed by atoms with Crippen LogP contribution in [0.1, 0.15) is 19.4 Å². The molecule has 2 N–H and O–H groups in total. The average molecular weight is 351 g/mol. The van der Waals surface area contributed by atoms with Crippen molar-refractivity contribution < 1.29 is 14.3 Å². The third kappa shape index (κ3) is 2.87.